The number of aromatic nitrogens is 1. The molecule has 5 heteroatoms. The summed E-state index contributed by atoms with van der Waals surface area (Å²) in [6.07, 6.45) is 1.61. The van der Waals surface area contributed by atoms with Crippen molar-refractivity contribution >= 4 is 33.1 Å². The highest BCUT2D eigenvalue weighted by molar-refractivity contribution is 9.10. The number of anilines is 3. The third kappa shape index (κ3) is 2.30. The van der Waals surface area contributed by atoms with Crippen LogP contribution in [-0.2, 0) is 0 Å². The van der Waals surface area contributed by atoms with E-state index in [2.05, 4.69) is 26.2 Å². The molecular weight excluding hydrogens is 273 g/mol. The van der Waals surface area contributed by atoms with Crippen LogP contribution in [0.25, 0.3) is 0 Å². The van der Waals surface area contributed by atoms with E-state index < -0.39 is 0 Å². The lowest BCUT2D eigenvalue weighted by Crippen LogP contribution is -1.98. The summed E-state index contributed by atoms with van der Waals surface area (Å²) in [4.78, 5) is 3.94. The van der Waals surface area contributed by atoms with Crippen LogP contribution in [-0.4, -0.2) is 4.98 Å². The van der Waals surface area contributed by atoms with Gasteiger partial charge in [-0.1, -0.05) is 0 Å². The van der Waals surface area contributed by atoms with Crippen LogP contribution in [0.4, 0.5) is 21.6 Å². The van der Waals surface area contributed by atoms with Crippen molar-refractivity contribution in [3.8, 4) is 0 Å². The minimum atomic E-state index is -0.301. The van der Waals surface area contributed by atoms with Gasteiger partial charge in [0.05, 0.1) is 10.2 Å². The summed E-state index contributed by atoms with van der Waals surface area (Å²) in [7, 11) is 0. The standard InChI is InChI=1S/C11H9BrFN3/c12-8-6-7(3-4-9(8)13)16-10-2-1-5-15-11(10)14/h1-6,16H,(H2,14,15). The molecule has 2 rings (SSSR count). The number of nitrogen functional groups attached to an aromatic ring is 1. The first kappa shape index (κ1) is 10.9. The lowest BCUT2D eigenvalue weighted by molar-refractivity contribution is 0.621. The highest BCUT2D eigenvalue weighted by Gasteiger charge is 2.02. The summed E-state index contributed by atoms with van der Waals surface area (Å²) in [5, 5.41) is 3.06. The van der Waals surface area contributed by atoms with Crippen LogP contribution >= 0.6 is 15.9 Å². The Morgan fingerprint density at radius 1 is 1.31 bits per heavy atom. The lowest BCUT2D eigenvalue weighted by Gasteiger charge is -2.08. The van der Waals surface area contributed by atoms with Crippen molar-refractivity contribution in [2.24, 2.45) is 0 Å². The second-order valence-electron chi connectivity index (χ2n) is 3.19. The Morgan fingerprint density at radius 3 is 2.81 bits per heavy atom. The molecule has 1 aromatic carbocycles. The fraction of sp³-hybridized carbons (Fsp3) is 0. The summed E-state index contributed by atoms with van der Waals surface area (Å²) >= 11 is 3.12. The highest BCUT2D eigenvalue weighted by Crippen LogP contribution is 2.24. The Kier molecular flexibility index (Phi) is 3.05. The zero-order valence-electron chi connectivity index (χ0n) is 8.24. The van der Waals surface area contributed by atoms with Crippen molar-refractivity contribution in [2.75, 3.05) is 11.1 Å². The predicted molar refractivity (Wildman–Crippen MR) is 66.0 cm³/mol. The van der Waals surface area contributed by atoms with Crippen LogP contribution in [0.1, 0.15) is 0 Å². The third-order valence-corrected chi connectivity index (χ3v) is 2.64. The summed E-state index contributed by atoms with van der Waals surface area (Å²) in [6.45, 7) is 0. The van der Waals surface area contributed by atoms with Gasteiger partial charge in [-0.3, -0.25) is 0 Å². The molecule has 0 aliphatic carbocycles. The topological polar surface area (TPSA) is 50.9 Å². The maximum Gasteiger partial charge on any atom is 0.147 e. The van der Waals surface area contributed by atoms with Crippen molar-refractivity contribution in [3.05, 3.63) is 46.8 Å². The molecule has 0 saturated carbocycles. The summed E-state index contributed by atoms with van der Waals surface area (Å²) in [5.74, 6) is 0.104. The Balaban J connectivity index is 2.28. The number of nitrogens with zero attached hydrogens (tertiary/aromatic N) is 1. The molecule has 0 spiro atoms. The van der Waals surface area contributed by atoms with Crippen LogP contribution in [0, 0.1) is 5.82 Å². The molecule has 2 aromatic rings. The minimum Gasteiger partial charge on any atom is -0.382 e. The van der Waals surface area contributed by atoms with Crippen LogP contribution in [0.5, 0.6) is 0 Å². The van der Waals surface area contributed by atoms with E-state index in [-0.39, 0.29) is 5.82 Å². The van der Waals surface area contributed by atoms with Gasteiger partial charge in [-0.05, 0) is 46.3 Å². The van der Waals surface area contributed by atoms with Gasteiger partial charge in [-0.25, -0.2) is 9.37 Å². The van der Waals surface area contributed by atoms with Gasteiger partial charge in [-0.2, -0.15) is 0 Å². The zero-order chi connectivity index (χ0) is 11.5. The fourth-order valence-electron chi connectivity index (χ4n) is 1.25. The van der Waals surface area contributed by atoms with Gasteiger partial charge in [0.2, 0.25) is 0 Å². The normalized spacial score (nSPS) is 10.1. The maximum absolute atomic E-state index is 13.0. The molecule has 0 aliphatic rings. The summed E-state index contributed by atoms with van der Waals surface area (Å²) in [6, 6.07) is 8.23. The van der Waals surface area contributed by atoms with Gasteiger partial charge in [0.15, 0.2) is 0 Å². The SMILES string of the molecule is Nc1ncccc1Nc1ccc(F)c(Br)c1. The number of nitrogens with one attached hydrogen (secondary N) is 1. The lowest BCUT2D eigenvalue weighted by atomic mass is 10.3. The first-order chi connectivity index (χ1) is 7.66. The number of hydrogen-bond acceptors (Lipinski definition) is 3. The summed E-state index contributed by atoms with van der Waals surface area (Å²) < 4.78 is 13.4. The first-order valence-electron chi connectivity index (χ1n) is 4.59. The van der Waals surface area contributed by atoms with Gasteiger partial charge < -0.3 is 11.1 Å². The van der Waals surface area contributed by atoms with E-state index in [0.29, 0.717) is 16.0 Å². The Labute approximate surface area is 101 Å². The average Bonchev–Trinajstić information content (AvgIpc) is 2.27. The molecular formula is C11H9BrFN3. The minimum absolute atomic E-state index is 0.301. The van der Waals surface area contributed by atoms with Crippen molar-refractivity contribution in [1.29, 1.82) is 0 Å². The average molecular weight is 282 g/mol. The number of nitrogens with two attached hydrogens (primary N) is 1. The molecule has 16 heavy (non-hydrogen) atoms. The molecule has 1 aromatic heterocycles. The van der Waals surface area contributed by atoms with E-state index in [1.165, 1.54) is 6.07 Å². The van der Waals surface area contributed by atoms with E-state index in [9.17, 15) is 4.39 Å². The van der Waals surface area contributed by atoms with E-state index >= 15 is 0 Å². The molecule has 82 valence electrons. The molecule has 0 atom stereocenters. The second-order valence-corrected chi connectivity index (χ2v) is 4.04. The Bertz CT molecular complexity index is 516. The number of hydrogen-bond donors (Lipinski definition) is 2. The first-order valence-corrected chi connectivity index (χ1v) is 5.38. The van der Waals surface area contributed by atoms with Crippen LogP contribution < -0.4 is 11.1 Å². The molecule has 0 amide bonds. The van der Waals surface area contributed by atoms with Crippen LogP contribution in [0.2, 0.25) is 0 Å². The molecule has 0 fully saturated rings. The number of rotatable bonds is 2. The smallest absolute Gasteiger partial charge is 0.147 e. The van der Waals surface area contributed by atoms with E-state index in [1.807, 2.05) is 0 Å². The van der Waals surface area contributed by atoms with E-state index in [0.717, 1.165) is 5.69 Å². The Morgan fingerprint density at radius 2 is 2.12 bits per heavy atom. The third-order valence-electron chi connectivity index (χ3n) is 2.04. The van der Waals surface area contributed by atoms with E-state index in [4.69, 9.17) is 5.73 Å². The van der Waals surface area contributed by atoms with E-state index in [1.54, 1.807) is 30.5 Å². The molecule has 3 N–H and O–H groups in total. The number of halogens is 2. The van der Waals surface area contributed by atoms with Gasteiger partial charge in [0.1, 0.15) is 11.6 Å². The molecule has 0 saturated heterocycles. The molecule has 0 aliphatic heterocycles. The largest absolute Gasteiger partial charge is 0.382 e. The number of benzene rings is 1. The van der Waals surface area contributed by atoms with Gasteiger partial charge in [0, 0.05) is 11.9 Å². The molecule has 0 radical (unpaired) electrons. The zero-order valence-corrected chi connectivity index (χ0v) is 9.83. The second kappa shape index (κ2) is 4.49. The van der Waals surface area contributed by atoms with Crippen molar-refractivity contribution in [3.63, 3.8) is 0 Å². The molecule has 0 bridgehead atoms. The fourth-order valence-corrected chi connectivity index (χ4v) is 1.63. The number of pyridine rings is 1. The van der Waals surface area contributed by atoms with Crippen LogP contribution in [0.3, 0.4) is 0 Å². The monoisotopic (exact) mass is 281 g/mol. The molecule has 1 heterocycles. The van der Waals surface area contributed by atoms with Crippen LogP contribution in [0.15, 0.2) is 41.0 Å². The van der Waals surface area contributed by atoms with Crippen molar-refractivity contribution < 1.29 is 4.39 Å². The Hall–Kier alpha value is -1.62. The summed E-state index contributed by atoms with van der Waals surface area (Å²) in [5.41, 5.74) is 7.12. The maximum atomic E-state index is 13.0. The van der Waals surface area contributed by atoms with Crippen molar-refractivity contribution in [1.82, 2.24) is 4.98 Å². The molecule has 0 unspecified atom stereocenters. The van der Waals surface area contributed by atoms with Gasteiger partial charge >= 0.3 is 0 Å². The predicted octanol–water partition coefficient (Wildman–Crippen LogP) is 3.31. The van der Waals surface area contributed by atoms with Gasteiger partial charge in [-0.15, -0.1) is 0 Å². The quantitative estimate of drug-likeness (QED) is 0.888. The van der Waals surface area contributed by atoms with Gasteiger partial charge in [0.25, 0.3) is 0 Å². The molecule has 3 nitrogen and oxygen atoms in total. The van der Waals surface area contributed by atoms with Crippen molar-refractivity contribution in [2.45, 2.75) is 0 Å². The highest BCUT2D eigenvalue weighted by atomic mass is 79.9.